The van der Waals surface area contributed by atoms with Gasteiger partial charge in [-0.05, 0) is 48.8 Å². The molecule has 6 atom stereocenters. The van der Waals surface area contributed by atoms with Gasteiger partial charge in [0.05, 0.1) is 37.8 Å². The lowest BCUT2D eigenvalue weighted by atomic mass is 9.70. The van der Waals surface area contributed by atoms with Gasteiger partial charge in [-0.1, -0.05) is 18.2 Å². The zero-order valence-corrected chi connectivity index (χ0v) is 17.4. The van der Waals surface area contributed by atoms with Crippen LogP contribution in [0.5, 0.6) is 0 Å². The first kappa shape index (κ1) is 19.0. The quantitative estimate of drug-likeness (QED) is 0.826. The van der Waals surface area contributed by atoms with E-state index in [0.29, 0.717) is 18.7 Å². The molecule has 1 N–H and O–H groups in total. The van der Waals surface area contributed by atoms with Crippen LogP contribution in [-0.4, -0.2) is 48.7 Å². The largest absolute Gasteiger partial charge is 0.465 e. The SMILES string of the molecule is CON1C(=O)[C@@]2(C[C@@H]3N=C(C(C)=Cc4ccco4)[C@@H]4[C@@H](O)[C@H]2OC[C@@H]43)c2ccccc21. The molecule has 5 aliphatic rings. The van der Waals surface area contributed by atoms with Crippen molar-refractivity contribution in [2.75, 3.05) is 18.8 Å². The standard InChI is InChI=1S/C24H24N2O5/c1-13(10-14-6-5-9-30-14)20-19-15-12-31-22(21(19)27)24(11-17(15)25-20)16-7-3-4-8-18(16)26(29-2)23(24)28/h3-10,15,17,19,21-22,27H,11-12H2,1-2H3/t15-,17+,19-,21-,22-,24+/m1/s1. The number of nitrogens with zero attached hydrogens (tertiary/aromatic N) is 2. The highest BCUT2D eigenvalue weighted by atomic mass is 16.7. The molecule has 0 unspecified atom stereocenters. The monoisotopic (exact) mass is 420 g/mol. The normalized spacial score (nSPS) is 36.2. The number of furan rings is 1. The molecular weight excluding hydrogens is 396 g/mol. The highest BCUT2D eigenvalue weighted by molar-refractivity contribution is 6.09. The third-order valence-electron chi connectivity index (χ3n) is 7.40. The fourth-order valence-electron chi connectivity index (χ4n) is 6.12. The highest BCUT2D eigenvalue weighted by Gasteiger charge is 2.67. The second kappa shape index (κ2) is 6.63. The van der Waals surface area contributed by atoms with Crippen LogP contribution in [0.2, 0.25) is 0 Å². The second-order valence-electron chi connectivity index (χ2n) is 8.83. The maximum atomic E-state index is 13.7. The molecule has 1 saturated carbocycles. The van der Waals surface area contributed by atoms with E-state index in [-0.39, 0.29) is 23.8 Å². The van der Waals surface area contributed by atoms with Gasteiger partial charge >= 0.3 is 0 Å². The van der Waals surface area contributed by atoms with Gasteiger partial charge in [-0.25, -0.2) is 0 Å². The summed E-state index contributed by atoms with van der Waals surface area (Å²) in [5, 5.41) is 12.9. The number of hydrogen-bond acceptors (Lipinski definition) is 6. The lowest BCUT2D eigenvalue weighted by molar-refractivity contribution is -0.152. The Morgan fingerprint density at radius 1 is 1.32 bits per heavy atom. The molecule has 2 saturated heterocycles. The van der Waals surface area contributed by atoms with Gasteiger partial charge in [0.15, 0.2) is 0 Å². The minimum absolute atomic E-state index is 0.0390. The number of aliphatic hydroxyl groups is 1. The summed E-state index contributed by atoms with van der Waals surface area (Å²) in [4.78, 5) is 24.2. The van der Waals surface area contributed by atoms with Crippen molar-refractivity contribution in [1.29, 1.82) is 0 Å². The molecule has 4 aliphatic heterocycles. The topological polar surface area (TPSA) is 84.5 Å². The third-order valence-corrected chi connectivity index (χ3v) is 7.40. The van der Waals surface area contributed by atoms with Crippen molar-refractivity contribution < 1.29 is 23.9 Å². The highest BCUT2D eigenvalue weighted by Crippen LogP contribution is 2.57. The molecule has 2 aromatic rings. The zero-order valence-electron chi connectivity index (χ0n) is 17.4. The van der Waals surface area contributed by atoms with Gasteiger partial charge in [-0.3, -0.25) is 14.6 Å². The molecule has 1 aromatic heterocycles. The molecule has 5 heterocycles. The van der Waals surface area contributed by atoms with Crippen molar-refractivity contribution in [2.45, 2.75) is 37.0 Å². The molecule has 1 spiro atoms. The number of fused-ring (bicyclic) bond motifs is 2. The number of benzene rings is 1. The molecule has 7 rings (SSSR count). The van der Waals surface area contributed by atoms with Gasteiger partial charge in [-0.2, -0.15) is 5.06 Å². The summed E-state index contributed by atoms with van der Waals surface area (Å²) in [5.41, 5.74) is 2.42. The number of anilines is 1. The average molecular weight is 420 g/mol. The summed E-state index contributed by atoms with van der Waals surface area (Å²) in [6.45, 7) is 2.47. The van der Waals surface area contributed by atoms with Crippen LogP contribution in [0.3, 0.4) is 0 Å². The van der Waals surface area contributed by atoms with Crippen molar-refractivity contribution in [3.63, 3.8) is 0 Å². The van der Waals surface area contributed by atoms with Gasteiger partial charge in [0.2, 0.25) is 0 Å². The number of amides is 1. The number of allylic oxidation sites excluding steroid dienone is 1. The molecule has 1 aliphatic carbocycles. The molecule has 7 heteroatoms. The van der Waals surface area contributed by atoms with Crippen LogP contribution in [0.25, 0.3) is 6.08 Å². The number of rotatable bonds is 3. The third kappa shape index (κ3) is 2.39. The van der Waals surface area contributed by atoms with Crippen LogP contribution in [0, 0.1) is 11.8 Å². The van der Waals surface area contributed by atoms with Crippen molar-refractivity contribution in [3.05, 3.63) is 59.6 Å². The van der Waals surface area contributed by atoms with Gasteiger partial charge < -0.3 is 14.3 Å². The van der Waals surface area contributed by atoms with Crippen LogP contribution in [-0.2, 0) is 19.8 Å². The second-order valence-corrected chi connectivity index (χ2v) is 8.83. The van der Waals surface area contributed by atoms with Crippen molar-refractivity contribution in [1.82, 2.24) is 0 Å². The molecule has 0 radical (unpaired) electrons. The summed E-state index contributed by atoms with van der Waals surface area (Å²) in [5.74, 6) is 0.429. The Morgan fingerprint density at radius 3 is 2.94 bits per heavy atom. The van der Waals surface area contributed by atoms with E-state index in [4.69, 9.17) is 19.0 Å². The van der Waals surface area contributed by atoms with E-state index in [1.165, 1.54) is 12.2 Å². The Balaban J connectivity index is 1.48. The van der Waals surface area contributed by atoms with Gasteiger partial charge in [0, 0.05) is 17.5 Å². The predicted molar refractivity (Wildman–Crippen MR) is 114 cm³/mol. The molecule has 160 valence electrons. The van der Waals surface area contributed by atoms with Crippen LogP contribution in [0.4, 0.5) is 5.69 Å². The van der Waals surface area contributed by atoms with E-state index in [1.54, 1.807) is 6.26 Å². The van der Waals surface area contributed by atoms with Crippen molar-refractivity contribution in [2.24, 2.45) is 16.8 Å². The Bertz CT molecular complexity index is 1110. The number of carbonyl (C=O) groups excluding carboxylic acids is 1. The van der Waals surface area contributed by atoms with Gasteiger partial charge in [0.25, 0.3) is 5.91 Å². The first-order valence-corrected chi connectivity index (χ1v) is 10.6. The lowest BCUT2D eigenvalue weighted by Crippen LogP contribution is -2.58. The number of carbonyl (C=O) groups is 1. The van der Waals surface area contributed by atoms with E-state index in [1.807, 2.05) is 49.4 Å². The maximum Gasteiger partial charge on any atom is 0.264 e. The Hall–Kier alpha value is -2.74. The Labute approximate surface area is 179 Å². The first-order chi connectivity index (χ1) is 15.1. The van der Waals surface area contributed by atoms with E-state index < -0.39 is 17.6 Å². The van der Waals surface area contributed by atoms with Gasteiger partial charge in [0.1, 0.15) is 17.3 Å². The van der Waals surface area contributed by atoms with E-state index in [9.17, 15) is 9.90 Å². The zero-order chi connectivity index (χ0) is 21.3. The average Bonchev–Trinajstić information content (AvgIpc) is 3.42. The summed E-state index contributed by atoms with van der Waals surface area (Å²) < 4.78 is 11.7. The molecule has 4 bridgehead atoms. The number of ether oxygens (including phenoxy) is 1. The molecule has 1 amide bonds. The van der Waals surface area contributed by atoms with Crippen LogP contribution in [0.15, 0.2) is 57.6 Å². The van der Waals surface area contributed by atoms with E-state index in [2.05, 4.69) is 0 Å². The maximum absolute atomic E-state index is 13.7. The number of hydroxylamine groups is 1. The van der Waals surface area contributed by atoms with Gasteiger partial charge in [-0.15, -0.1) is 0 Å². The predicted octanol–water partition coefficient (Wildman–Crippen LogP) is 2.75. The van der Waals surface area contributed by atoms with Crippen molar-refractivity contribution >= 4 is 23.4 Å². The smallest absolute Gasteiger partial charge is 0.264 e. The number of para-hydroxylation sites is 1. The lowest BCUT2D eigenvalue weighted by Gasteiger charge is -2.42. The summed E-state index contributed by atoms with van der Waals surface area (Å²) in [6, 6.07) is 11.2. The van der Waals surface area contributed by atoms with Crippen molar-refractivity contribution in [3.8, 4) is 0 Å². The fourth-order valence-corrected chi connectivity index (χ4v) is 6.12. The Kier molecular flexibility index (Phi) is 4.06. The summed E-state index contributed by atoms with van der Waals surface area (Å²) in [7, 11) is 1.49. The van der Waals surface area contributed by atoms with Crippen LogP contribution >= 0.6 is 0 Å². The van der Waals surface area contributed by atoms with Crippen LogP contribution in [0.1, 0.15) is 24.7 Å². The molecule has 3 fully saturated rings. The Morgan fingerprint density at radius 2 is 2.16 bits per heavy atom. The summed E-state index contributed by atoms with van der Waals surface area (Å²) in [6.07, 6.45) is 2.57. The van der Waals surface area contributed by atoms with Crippen LogP contribution < -0.4 is 5.06 Å². The minimum Gasteiger partial charge on any atom is -0.465 e. The van der Waals surface area contributed by atoms with E-state index >= 15 is 0 Å². The number of aliphatic hydroxyl groups excluding tert-OH is 1. The fraction of sp³-hybridized carbons (Fsp3) is 0.417. The molecular formula is C24H24N2O5. The first-order valence-electron chi connectivity index (χ1n) is 10.6. The van der Waals surface area contributed by atoms with E-state index in [0.717, 1.165) is 22.6 Å². The number of hydrogen-bond donors (Lipinski definition) is 1. The minimum atomic E-state index is -1.01. The molecule has 31 heavy (non-hydrogen) atoms. The molecule has 7 nitrogen and oxygen atoms in total. The summed E-state index contributed by atoms with van der Waals surface area (Å²) >= 11 is 0. The molecule has 1 aromatic carbocycles. The number of aliphatic imine (C=N–C) groups is 1.